The molecule has 0 atom stereocenters. The Labute approximate surface area is 127 Å². The summed E-state index contributed by atoms with van der Waals surface area (Å²) in [6.45, 7) is 2.00. The molecule has 0 aromatic heterocycles. The van der Waals surface area contributed by atoms with Gasteiger partial charge in [0.1, 0.15) is 0 Å². The van der Waals surface area contributed by atoms with Crippen LogP contribution < -0.4 is 10.5 Å². The van der Waals surface area contributed by atoms with Gasteiger partial charge in [0, 0.05) is 10.2 Å². The van der Waals surface area contributed by atoms with Gasteiger partial charge < -0.3 is 5.73 Å². The van der Waals surface area contributed by atoms with Gasteiger partial charge in [0.05, 0.1) is 10.6 Å². The van der Waals surface area contributed by atoms with Gasteiger partial charge in [-0.15, -0.1) is 0 Å². The zero-order valence-electron chi connectivity index (χ0n) is 10.9. The molecule has 0 saturated carbocycles. The molecular formula is C14H15BrN2O2S. The summed E-state index contributed by atoms with van der Waals surface area (Å²) in [5, 5.41) is 0. The number of aryl methyl sites for hydroxylation is 1. The third-order valence-electron chi connectivity index (χ3n) is 2.89. The van der Waals surface area contributed by atoms with E-state index in [0.29, 0.717) is 15.8 Å². The Bertz CT molecular complexity index is 730. The van der Waals surface area contributed by atoms with Gasteiger partial charge in [-0.2, -0.15) is 0 Å². The van der Waals surface area contributed by atoms with Crippen molar-refractivity contribution in [3.05, 3.63) is 52.5 Å². The predicted molar refractivity (Wildman–Crippen MR) is 85.2 cm³/mol. The largest absolute Gasteiger partial charge is 0.398 e. The van der Waals surface area contributed by atoms with E-state index in [4.69, 9.17) is 5.73 Å². The maximum atomic E-state index is 12.2. The summed E-state index contributed by atoms with van der Waals surface area (Å²) in [6, 6.07) is 11.7. The maximum absolute atomic E-state index is 12.2. The van der Waals surface area contributed by atoms with Gasteiger partial charge in [-0.3, -0.25) is 4.72 Å². The predicted octanol–water partition coefficient (Wildman–Crippen LogP) is 3.39. The molecule has 2 aromatic rings. The molecule has 106 valence electrons. The van der Waals surface area contributed by atoms with E-state index in [2.05, 4.69) is 20.7 Å². The quantitative estimate of drug-likeness (QED) is 0.826. The number of hydrogen-bond acceptors (Lipinski definition) is 3. The smallest absolute Gasteiger partial charge is 0.261 e. The zero-order valence-corrected chi connectivity index (χ0v) is 13.3. The van der Waals surface area contributed by atoms with Crippen LogP contribution >= 0.6 is 15.9 Å². The minimum Gasteiger partial charge on any atom is -0.398 e. The molecule has 0 unspecified atom stereocenters. The molecule has 0 aliphatic heterocycles. The van der Waals surface area contributed by atoms with E-state index in [1.807, 2.05) is 13.0 Å². The number of hydrogen-bond donors (Lipinski definition) is 2. The average molecular weight is 355 g/mol. The van der Waals surface area contributed by atoms with Crippen molar-refractivity contribution in [2.45, 2.75) is 18.2 Å². The molecule has 0 fully saturated rings. The molecule has 0 aliphatic rings. The van der Waals surface area contributed by atoms with Crippen LogP contribution in [0.2, 0.25) is 0 Å². The highest BCUT2D eigenvalue weighted by atomic mass is 79.9. The number of anilines is 2. The van der Waals surface area contributed by atoms with Crippen molar-refractivity contribution in [2.75, 3.05) is 10.5 Å². The standard InChI is InChI=1S/C14H15BrN2O2S/c1-2-10-6-7-12(9-14(10)16)17-20(18,19)13-5-3-4-11(15)8-13/h3-9,17H,2,16H2,1H3. The number of sulfonamides is 1. The first-order valence-electron chi connectivity index (χ1n) is 6.09. The topological polar surface area (TPSA) is 72.2 Å². The van der Waals surface area contributed by atoms with Crippen molar-refractivity contribution in [2.24, 2.45) is 0 Å². The van der Waals surface area contributed by atoms with Crippen molar-refractivity contribution in [1.29, 1.82) is 0 Å². The van der Waals surface area contributed by atoms with Crippen LogP contribution in [0.1, 0.15) is 12.5 Å². The molecule has 3 N–H and O–H groups in total. The van der Waals surface area contributed by atoms with Crippen LogP contribution in [0.5, 0.6) is 0 Å². The van der Waals surface area contributed by atoms with E-state index < -0.39 is 10.0 Å². The van der Waals surface area contributed by atoms with Crippen LogP contribution in [0.15, 0.2) is 51.8 Å². The lowest BCUT2D eigenvalue weighted by Crippen LogP contribution is -2.13. The van der Waals surface area contributed by atoms with E-state index in [0.717, 1.165) is 12.0 Å². The second kappa shape index (κ2) is 5.85. The number of nitrogen functional groups attached to an aromatic ring is 1. The van der Waals surface area contributed by atoms with Gasteiger partial charge >= 0.3 is 0 Å². The highest BCUT2D eigenvalue weighted by molar-refractivity contribution is 9.10. The van der Waals surface area contributed by atoms with Gasteiger partial charge in [0.2, 0.25) is 0 Å². The van der Waals surface area contributed by atoms with Crippen LogP contribution in [0.25, 0.3) is 0 Å². The number of rotatable bonds is 4. The molecule has 0 heterocycles. The second-order valence-corrected chi connectivity index (χ2v) is 6.93. The van der Waals surface area contributed by atoms with Gasteiger partial charge in [-0.1, -0.05) is 35.0 Å². The fourth-order valence-electron chi connectivity index (χ4n) is 1.83. The molecule has 2 rings (SSSR count). The van der Waals surface area contributed by atoms with E-state index in [-0.39, 0.29) is 4.90 Å². The molecule has 2 aromatic carbocycles. The van der Waals surface area contributed by atoms with Crippen LogP contribution in [0.3, 0.4) is 0 Å². The molecule has 6 heteroatoms. The summed E-state index contributed by atoms with van der Waals surface area (Å²) in [5.74, 6) is 0. The molecule has 20 heavy (non-hydrogen) atoms. The molecule has 0 spiro atoms. The average Bonchev–Trinajstić information content (AvgIpc) is 2.38. The number of halogens is 1. The lowest BCUT2D eigenvalue weighted by Gasteiger charge is -2.10. The summed E-state index contributed by atoms with van der Waals surface area (Å²) in [6.07, 6.45) is 0.810. The van der Waals surface area contributed by atoms with Crippen LogP contribution in [0.4, 0.5) is 11.4 Å². The summed E-state index contributed by atoms with van der Waals surface area (Å²) >= 11 is 3.26. The lowest BCUT2D eigenvalue weighted by atomic mass is 10.1. The van der Waals surface area contributed by atoms with Crippen molar-refractivity contribution < 1.29 is 8.42 Å². The van der Waals surface area contributed by atoms with E-state index in [9.17, 15) is 8.42 Å². The number of nitrogens with two attached hydrogens (primary N) is 1. The summed E-state index contributed by atoms with van der Waals surface area (Å²) < 4.78 is 27.7. The maximum Gasteiger partial charge on any atom is 0.261 e. The van der Waals surface area contributed by atoms with Crippen LogP contribution in [-0.4, -0.2) is 8.42 Å². The molecule has 4 nitrogen and oxygen atoms in total. The third kappa shape index (κ3) is 3.32. The van der Waals surface area contributed by atoms with Crippen molar-refractivity contribution in [3.8, 4) is 0 Å². The summed E-state index contributed by atoms with van der Waals surface area (Å²) in [4.78, 5) is 0.199. The highest BCUT2D eigenvalue weighted by Gasteiger charge is 2.14. The molecule has 0 radical (unpaired) electrons. The van der Waals surface area contributed by atoms with Gasteiger partial charge in [0.15, 0.2) is 0 Å². The molecule has 0 saturated heterocycles. The normalized spacial score (nSPS) is 11.3. The Balaban J connectivity index is 2.31. The van der Waals surface area contributed by atoms with Crippen LogP contribution in [0, 0.1) is 0 Å². The van der Waals surface area contributed by atoms with E-state index in [1.165, 1.54) is 6.07 Å². The Morgan fingerprint density at radius 3 is 2.55 bits per heavy atom. The Morgan fingerprint density at radius 2 is 1.95 bits per heavy atom. The second-order valence-electron chi connectivity index (χ2n) is 4.33. The minimum absolute atomic E-state index is 0.199. The SMILES string of the molecule is CCc1ccc(NS(=O)(=O)c2cccc(Br)c2)cc1N. The fraction of sp³-hybridized carbons (Fsp3) is 0.143. The molecule has 0 aliphatic carbocycles. The van der Waals surface area contributed by atoms with Crippen molar-refractivity contribution >= 4 is 37.3 Å². The fourth-order valence-corrected chi connectivity index (χ4v) is 3.47. The minimum atomic E-state index is -3.61. The first-order chi connectivity index (χ1) is 9.42. The summed E-state index contributed by atoms with van der Waals surface area (Å²) in [7, 11) is -3.61. The highest BCUT2D eigenvalue weighted by Crippen LogP contribution is 2.22. The summed E-state index contributed by atoms with van der Waals surface area (Å²) in [5.41, 5.74) is 7.91. The first-order valence-corrected chi connectivity index (χ1v) is 8.37. The van der Waals surface area contributed by atoms with E-state index >= 15 is 0 Å². The number of nitrogens with one attached hydrogen (secondary N) is 1. The Hall–Kier alpha value is -1.53. The number of benzene rings is 2. The van der Waals surface area contributed by atoms with Crippen molar-refractivity contribution in [3.63, 3.8) is 0 Å². The van der Waals surface area contributed by atoms with Crippen LogP contribution in [-0.2, 0) is 16.4 Å². The third-order valence-corrected chi connectivity index (χ3v) is 4.76. The van der Waals surface area contributed by atoms with Gasteiger partial charge in [-0.05, 0) is 42.3 Å². The van der Waals surface area contributed by atoms with Gasteiger partial charge in [0.25, 0.3) is 10.0 Å². The zero-order chi connectivity index (χ0) is 14.8. The lowest BCUT2D eigenvalue weighted by molar-refractivity contribution is 0.601. The Morgan fingerprint density at radius 1 is 1.20 bits per heavy atom. The molecule has 0 amide bonds. The van der Waals surface area contributed by atoms with Crippen molar-refractivity contribution in [1.82, 2.24) is 0 Å². The van der Waals surface area contributed by atoms with Gasteiger partial charge in [-0.25, -0.2) is 8.42 Å². The molecular weight excluding hydrogens is 340 g/mol. The first kappa shape index (κ1) is 14.9. The Kier molecular flexibility index (Phi) is 4.35. The monoisotopic (exact) mass is 354 g/mol. The molecule has 0 bridgehead atoms. The van der Waals surface area contributed by atoms with E-state index in [1.54, 1.807) is 30.3 Å².